The van der Waals surface area contributed by atoms with Gasteiger partial charge in [0.25, 0.3) is 11.8 Å². The molecular formula is C27H31F2N3O4. The summed E-state index contributed by atoms with van der Waals surface area (Å²) >= 11 is 0. The third-order valence-corrected chi connectivity index (χ3v) is 6.60. The van der Waals surface area contributed by atoms with Crippen molar-refractivity contribution in [1.82, 2.24) is 9.80 Å². The number of rotatable bonds is 9. The number of carbonyl (C=O) groups excluding carboxylic acids is 2. The number of piperidine rings is 1. The van der Waals surface area contributed by atoms with Gasteiger partial charge in [-0.05, 0) is 57.5 Å². The van der Waals surface area contributed by atoms with Crippen LogP contribution in [0.3, 0.4) is 0 Å². The van der Waals surface area contributed by atoms with Crippen LogP contribution >= 0.6 is 0 Å². The lowest BCUT2D eigenvalue weighted by molar-refractivity contribution is 0.0606. The third-order valence-electron chi connectivity index (χ3n) is 6.60. The Morgan fingerprint density at radius 1 is 1.11 bits per heavy atom. The van der Waals surface area contributed by atoms with Gasteiger partial charge in [0.05, 0.1) is 0 Å². The molecule has 7 nitrogen and oxygen atoms in total. The molecule has 9 heteroatoms. The van der Waals surface area contributed by atoms with Crippen LogP contribution in [-0.4, -0.2) is 67.6 Å². The first kappa shape index (κ1) is 25.8. The maximum Gasteiger partial charge on any atom is 0.291 e. The fraction of sp³-hybridized carbons (Fsp3) is 0.407. The second-order valence-corrected chi connectivity index (χ2v) is 8.91. The van der Waals surface area contributed by atoms with Gasteiger partial charge in [0.15, 0.2) is 0 Å². The predicted molar refractivity (Wildman–Crippen MR) is 133 cm³/mol. The van der Waals surface area contributed by atoms with Gasteiger partial charge in [0.2, 0.25) is 5.76 Å². The second-order valence-electron chi connectivity index (χ2n) is 8.91. The summed E-state index contributed by atoms with van der Waals surface area (Å²) in [5.41, 5.74) is -0.207. The molecule has 0 atom stereocenters. The molecule has 0 unspecified atom stereocenters. The van der Waals surface area contributed by atoms with Crippen molar-refractivity contribution in [2.24, 2.45) is 0 Å². The highest BCUT2D eigenvalue weighted by molar-refractivity contribution is 6.14. The molecule has 2 aromatic carbocycles. The van der Waals surface area contributed by atoms with Crippen molar-refractivity contribution in [1.29, 1.82) is 0 Å². The van der Waals surface area contributed by atoms with Crippen LogP contribution in [0.1, 0.15) is 47.1 Å². The van der Waals surface area contributed by atoms with Crippen LogP contribution in [0.15, 0.2) is 46.9 Å². The Kier molecular flexibility index (Phi) is 8.32. The number of likely N-dealkylation sites (tertiary alicyclic amines) is 1. The largest absolute Gasteiger partial charge is 0.449 e. The molecule has 192 valence electrons. The molecule has 1 fully saturated rings. The summed E-state index contributed by atoms with van der Waals surface area (Å²) in [5, 5.41) is 3.01. The Morgan fingerprint density at radius 2 is 1.81 bits per heavy atom. The van der Waals surface area contributed by atoms with E-state index in [2.05, 4.69) is 17.3 Å². The average Bonchev–Trinajstić information content (AvgIpc) is 3.24. The lowest BCUT2D eigenvalue weighted by Gasteiger charge is -2.36. The van der Waals surface area contributed by atoms with Gasteiger partial charge in [-0.15, -0.1) is 0 Å². The Labute approximate surface area is 209 Å². The monoisotopic (exact) mass is 499 g/mol. The number of amides is 2. The molecule has 0 saturated carbocycles. The molecule has 0 bridgehead atoms. The van der Waals surface area contributed by atoms with Crippen LogP contribution in [0.2, 0.25) is 0 Å². The molecule has 0 aliphatic carbocycles. The summed E-state index contributed by atoms with van der Waals surface area (Å²) in [4.78, 5) is 30.3. The zero-order chi connectivity index (χ0) is 25.7. The lowest BCUT2D eigenvalue weighted by Crippen LogP contribution is -2.46. The number of hydrogen-bond acceptors (Lipinski definition) is 5. The Bertz CT molecular complexity index is 1200. The van der Waals surface area contributed by atoms with E-state index in [4.69, 9.17) is 9.15 Å². The molecule has 1 aromatic heterocycles. The van der Waals surface area contributed by atoms with E-state index >= 15 is 0 Å². The van der Waals surface area contributed by atoms with Gasteiger partial charge in [-0.25, -0.2) is 8.78 Å². The molecule has 1 aliphatic rings. The maximum absolute atomic E-state index is 14.2. The summed E-state index contributed by atoms with van der Waals surface area (Å²) in [6.45, 7) is 5.41. The zero-order valence-corrected chi connectivity index (χ0v) is 20.6. The summed E-state index contributed by atoms with van der Waals surface area (Å²) in [7, 11) is 2.09. The molecular weight excluding hydrogens is 468 g/mol. The molecule has 2 amide bonds. The average molecular weight is 500 g/mol. The van der Waals surface area contributed by atoms with Crippen LogP contribution in [-0.2, 0) is 4.74 Å². The normalized spacial score (nSPS) is 14.5. The highest BCUT2D eigenvalue weighted by atomic mass is 19.1. The summed E-state index contributed by atoms with van der Waals surface area (Å²) in [6.07, 6.45) is 2.56. The number of nitrogens with one attached hydrogen (secondary N) is 1. The van der Waals surface area contributed by atoms with Gasteiger partial charge in [-0.3, -0.25) is 9.59 Å². The molecule has 36 heavy (non-hydrogen) atoms. The number of furan rings is 1. The van der Waals surface area contributed by atoms with Crippen molar-refractivity contribution in [2.75, 3.05) is 45.2 Å². The van der Waals surface area contributed by atoms with Gasteiger partial charge in [-0.1, -0.05) is 18.2 Å². The molecule has 0 radical (unpaired) electrons. The summed E-state index contributed by atoms with van der Waals surface area (Å²) < 4.78 is 39.7. The number of nitrogens with zero attached hydrogens (tertiary/aromatic N) is 2. The zero-order valence-electron chi connectivity index (χ0n) is 20.6. The molecule has 3 aromatic rings. The van der Waals surface area contributed by atoms with E-state index in [0.29, 0.717) is 36.7 Å². The highest BCUT2D eigenvalue weighted by Gasteiger charge is 2.31. The number of ether oxygens (including phenoxy) is 1. The van der Waals surface area contributed by atoms with Gasteiger partial charge in [0, 0.05) is 44.3 Å². The first-order valence-electron chi connectivity index (χ1n) is 12.2. The first-order chi connectivity index (χ1) is 17.4. The van der Waals surface area contributed by atoms with Crippen molar-refractivity contribution >= 4 is 28.5 Å². The fourth-order valence-corrected chi connectivity index (χ4v) is 4.61. The van der Waals surface area contributed by atoms with Crippen molar-refractivity contribution < 1.29 is 27.5 Å². The van der Waals surface area contributed by atoms with Gasteiger partial charge in [0.1, 0.15) is 28.5 Å². The van der Waals surface area contributed by atoms with Crippen molar-refractivity contribution in [3.63, 3.8) is 0 Å². The van der Waals surface area contributed by atoms with Gasteiger partial charge in [-0.2, -0.15) is 0 Å². The molecule has 1 saturated heterocycles. The number of para-hydroxylation sites is 1. The topological polar surface area (TPSA) is 75.0 Å². The highest BCUT2D eigenvalue weighted by Crippen LogP contribution is 2.33. The fourth-order valence-electron chi connectivity index (χ4n) is 4.61. The minimum atomic E-state index is -0.987. The van der Waals surface area contributed by atoms with E-state index in [1.165, 1.54) is 6.07 Å². The minimum Gasteiger partial charge on any atom is -0.449 e. The predicted octanol–water partition coefficient (Wildman–Crippen LogP) is 4.93. The minimum absolute atomic E-state index is 0.0511. The van der Waals surface area contributed by atoms with E-state index in [1.807, 2.05) is 6.92 Å². The van der Waals surface area contributed by atoms with E-state index in [-0.39, 0.29) is 17.4 Å². The van der Waals surface area contributed by atoms with E-state index in [0.717, 1.165) is 44.5 Å². The number of benzene rings is 2. The van der Waals surface area contributed by atoms with Crippen LogP contribution in [0.4, 0.5) is 14.5 Å². The second kappa shape index (κ2) is 11.6. The molecule has 0 spiro atoms. The molecule has 1 N–H and O–H groups in total. The van der Waals surface area contributed by atoms with E-state index in [9.17, 15) is 18.4 Å². The number of hydrogen-bond donors (Lipinski definition) is 1. The first-order valence-corrected chi connectivity index (χ1v) is 12.2. The molecule has 1 aliphatic heterocycles. The number of halogens is 2. The van der Waals surface area contributed by atoms with Gasteiger partial charge < -0.3 is 24.3 Å². The molecule has 2 heterocycles. The smallest absolute Gasteiger partial charge is 0.291 e. The summed E-state index contributed by atoms with van der Waals surface area (Å²) in [6, 6.07) is 10.4. The number of carbonyl (C=O) groups is 2. The quantitative estimate of drug-likeness (QED) is 0.423. The third kappa shape index (κ3) is 5.57. The Balaban J connectivity index is 1.50. The maximum atomic E-state index is 14.2. The lowest BCUT2D eigenvalue weighted by atomic mass is 10.0. The molecule has 4 rings (SSSR count). The van der Waals surface area contributed by atoms with Crippen molar-refractivity contribution in [3.05, 3.63) is 65.4 Å². The van der Waals surface area contributed by atoms with Crippen LogP contribution in [0.5, 0.6) is 0 Å². The van der Waals surface area contributed by atoms with E-state index < -0.39 is 23.1 Å². The van der Waals surface area contributed by atoms with Crippen LogP contribution < -0.4 is 5.32 Å². The van der Waals surface area contributed by atoms with Crippen LogP contribution in [0.25, 0.3) is 11.0 Å². The van der Waals surface area contributed by atoms with Crippen LogP contribution in [0, 0.1) is 11.6 Å². The SMILES string of the molecule is CCOCCCN(C)C1CCN(C(=O)c2oc3ccccc3c2NC(=O)c2c(F)cccc2F)CC1. The summed E-state index contributed by atoms with van der Waals surface area (Å²) in [5.74, 6) is -3.38. The van der Waals surface area contributed by atoms with Gasteiger partial charge >= 0.3 is 0 Å². The number of fused-ring (bicyclic) bond motifs is 1. The standard InChI is InChI=1S/C27H31F2N3O4/c1-3-35-17-7-14-31(2)18-12-15-32(16-13-18)27(34)25-24(19-8-4-5-11-22(19)36-25)30-26(33)23-20(28)9-6-10-21(23)29/h4-6,8-11,18H,3,7,12-17H2,1-2H3,(H,30,33). The van der Waals surface area contributed by atoms with Crippen molar-refractivity contribution in [3.8, 4) is 0 Å². The Hall–Kier alpha value is -3.30. The Morgan fingerprint density at radius 3 is 2.50 bits per heavy atom. The van der Waals surface area contributed by atoms with Crippen molar-refractivity contribution in [2.45, 2.75) is 32.2 Å². The number of anilines is 1. The van der Waals surface area contributed by atoms with E-state index in [1.54, 1.807) is 29.2 Å².